The highest BCUT2D eigenvalue weighted by molar-refractivity contribution is 5.85. The Kier molecular flexibility index (Phi) is 4.58. The third-order valence-electron chi connectivity index (χ3n) is 5.34. The Morgan fingerprint density at radius 2 is 1.60 bits per heavy atom. The van der Waals surface area contributed by atoms with E-state index in [4.69, 9.17) is 0 Å². The van der Waals surface area contributed by atoms with Crippen LogP contribution in [0.4, 0.5) is 0 Å². The molecule has 2 heterocycles. The van der Waals surface area contributed by atoms with Gasteiger partial charge in [0, 0.05) is 6.04 Å². The maximum Gasteiger partial charge on any atom is 0.227 e. The average molecular weight is 280 g/mol. The Morgan fingerprint density at radius 1 is 1.00 bits per heavy atom. The zero-order valence-corrected chi connectivity index (χ0v) is 12.3. The second-order valence-electron chi connectivity index (χ2n) is 6.59. The molecular formula is C15H28N4O. The lowest BCUT2D eigenvalue weighted by Gasteiger charge is -2.30. The van der Waals surface area contributed by atoms with E-state index in [9.17, 15) is 4.79 Å². The zero-order valence-electron chi connectivity index (χ0n) is 12.3. The fourth-order valence-corrected chi connectivity index (χ4v) is 3.81. The maximum absolute atomic E-state index is 12.5. The van der Waals surface area contributed by atoms with Crippen LogP contribution in [0.5, 0.6) is 0 Å². The van der Waals surface area contributed by atoms with E-state index in [-0.39, 0.29) is 5.41 Å². The first kappa shape index (κ1) is 14.3. The second kappa shape index (κ2) is 6.41. The fourth-order valence-electron chi connectivity index (χ4n) is 3.81. The summed E-state index contributed by atoms with van der Waals surface area (Å²) in [5.41, 5.74) is -0.0160. The van der Waals surface area contributed by atoms with Gasteiger partial charge in [-0.3, -0.25) is 10.1 Å². The van der Waals surface area contributed by atoms with Crippen molar-refractivity contribution in [2.45, 2.75) is 44.6 Å². The van der Waals surface area contributed by atoms with Gasteiger partial charge in [-0.15, -0.1) is 0 Å². The second-order valence-corrected chi connectivity index (χ2v) is 6.59. The van der Waals surface area contributed by atoms with Gasteiger partial charge in [0.05, 0.1) is 12.1 Å². The first-order valence-corrected chi connectivity index (χ1v) is 8.24. The Bertz CT molecular complexity index is 331. The minimum Gasteiger partial charge on any atom is -0.343 e. The number of piperidine rings is 2. The molecule has 1 saturated carbocycles. The Morgan fingerprint density at radius 3 is 2.20 bits per heavy atom. The van der Waals surface area contributed by atoms with Crippen LogP contribution in [0.1, 0.15) is 38.5 Å². The first-order valence-electron chi connectivity index (χ1n) is 8.24. The summed E-state index contributed by atoms with van der Waals surface area (Å²) in [6.45, 7) is 4.96. The van der Waals surface area contributed by atoms with Crippen molar-refractivity contribution < 1.29 is 4.79 Å². The molecule has 1 aliphatic carbocycles. The molecule has 3 rings (SSSR count). The number of carbonyl (C=O) groups excluding carboxylic acids is 1. The predicted octanol–water partition coefficient (Wildman–Crippen LogP) is 0.182. The molecule has 0 unspecified atom stereocenters. The molecule has 20 heavy (non-hydrogen) atoms. The van der Waals surface area contributed by atoms with Crippen molar-refractivity contribution in [1.82, 2.24) is 21.3 Å². The van der Waals surface area contributed by atoms with Crippen LogP contribution in [0, 0.1) is 11.3 Å². The molecule has 0 spiro atoms. The van der Waals surface area contributed by atoms with Crippen LogP contribution >= 0.6 is 0 Å². The number of hydrogen-bond donors (Lipinski definition) is 4. The molecule has 0 aromatic heterocycles. The van der Waals surface area contributed by atoms with Gasteiger partial charge in [-0.2, -0.15) is 0 Å². The van der Waals surface area contributed by atoms with E-state index in [0.717, 1.165) is 64.7 Å². The minimum atomic E-state index is -0.0160. The normalized spacial score (nSPS) is 27.2. The highest BCUT2D eigenvalue weighted by Crippen LogP contribution is 2.54. The van der Waals surface area contributed by atoms with Crippen LogP contribution in [0.3, 0.4) is 0 Å². The standard InChI is InChI=1S/C15H28N4O/c20-14(19-11-18-13-3-9-17-10-4-13)15(5-6-15)12-1-7-16-8-2-12/h12-13,16-18H,1-11H2,(H,19,20). The van der Waals surface area contributed by atoms with Gasteiger partial charge in [0.1, 0.15) is 0 Å². The molecule has 114 valence electrons. The van der Waals surface area contributed by atoms with Crippen LogP contribution < -0.4 is 21.3 Å². The van der Waals surface area contributed by atoms with Gasteiger partial charge in [-0.25, -0.2) is 0 Å². The van der Waals surface area contributed by atoms with Crippen LogP contribution in [0.15, 0.2) is 0 Å². The molecule has 5 nitrogen and oxygen atoms in total. The van der Waals surface area contributed by atoms with Crippen molar-refractivity contribution in [3.63, 3.8) is 0 Å². The largest absolute Gasteiger partial charge is 0.343 e. The molecule has 0 radical (unpaired) electrons. The zero-order chi connectivity index (χ0) is 13.8. The summed E-state index contributed by atoms with van der Waals surface area (Å²) in [6, 6.07) is 0.561. The summed E-state index contributed by atoms with van der Waals surface area (Å²) in [5.74, 6) is 0.897. The Balaban J connectivity index is 1.41. The van der Waals surface area contributed by atoms with E-state index >= 15 is 0 Å². The molecule has 2 aliphatic heterocycles. The number of hydrogen-bond acceptors (Lipinski definition) is 4. The molecule has 2 saturated heterocycles. The van der Waals surface area contributed by atoms with Crippen LogP contribution in [0.25, 0.3) is 0 Å². The summed E-state index contributed by atoms with van der Waals surface area (Å²) in [7, 11) is 0. The van der Waals surface area contributed by atoms with Gasteiger partial charge in [-0.1, -0.05) is 0 Å². The highest BCUT2D eigenvalue weighted by atomic mass is 16.2. The molecule has 0 aromatic rings. The summed E-state index contributed by atoms with van der Waals surface area (Å²) in [5, 5.41) is 13.4. The lowest BCUT2D eigenvalue weighted by Crippen LogP contribution is -2.48. The Labute approximate surface area is 121 Å². The fraction of sp³-hybridized carbons (Fsp3) is 0.933. The number of amides is 1. The Hall–Kier alpha value is -0.650. The van der Waals surface area contributed by atoms with Crippen LogP contribution in [-0.4, -0.2) is 44.8 Å². The van der Waals surface area contributed by atoms with Gasteiger partial charge < -0.3 is 16.0 Å². The van der Waals surface area contributed by atoms with Crippen molar-refractivity contribution in [3.8, 4) is 0 Å². The quantitative estimate of drug-likeness (QED) is 0.543. The van der Waals surface area contributed by atoms with Gasteiger partial charge in [0.25, 0.3) is 0 Å². The lowest BCUT2D eigenvalue weighted by atomic mass is 9.81. The van der Waals surface area contributed by atoms with Crippen molar-refractivity contribution in [1.29, 1.82) is 0 Å². The molecule has 0 aromatic carbocycles. The third kappa shape index (κ3) is 3.15. The number of rotatable bonds is 5. The third-order valence-corrected chi connectivity index (χ3v) is 5.34. The SMILES string of the molecule is O=C(NCNC1CCNCC1)C1(C2CCNCC2)CC1. The molecule has 3 aliphatic rings. The van der Waals surface area contributed by atoms with Crippen LogP contribution in [0.2, 0.25) is 0 Å². The van der Waals surface area contributed by atoms with E-state index in [1.54, 1.807) is 0 Å². The first-order chi connectivity index (χ1) is 9.81. The molecule has 1 amide bonds. The molecule has 0 atom stereocenters. The van der Waals surface area contributed by atoms with Gasteiger partial charge >= 0.3 is 0 Å². The van der Waals surface area contributed by atoms with Crippen molar-refractivity contribution >= 4 is 5.91 Å². The molecule has 3 fully saturated rings. The van der Waals surface area contributed by atoms with E-state index < -0.39 is 0 Å². The van der Waals surface area contributed by atoms with E-state index in [2.05, 4.69) is 21.3 Å². The van der Waals surface area contributed by atoms with Gasteiger partial charge in [-0.05, 0) is 70.6 Å². The van der Waals surface area contributed by atoms with Crippen LogP contribution in [-0.2, 0) is 4.79 Å². The summed E-state index contributed by atoms with van der Waals surface area (Å²) >= 11 is 0. The van der Waals surface area contributed by atoms with Crippen molar-refractivity contribution in [2.24, 2.45) is 11.3 Å². The van der Waals surface area contributed by atoms with E-state index in [0.29, 0.717) is 24.5 Å². The highest BCUT2D eigenvalue weighted by Gasteiger charge is 2.54. The average Bonchev–Trinajstić information content (AvgIpc) is 3.31. The molecule has 4 N–H and O–H groups in total. The summed E-state index contributed by atoms with van der Waals surface area (Å²) in [6.07, 6.45) is 6.84. The van der Waals surface area contributed by atoms with Gasteiger partial charge in [0.15, 0.2) is 0 Å². The smallest absolute Gasteiger partial charge is 0.227 e. The van der Waals surface area contributed by atoms with Crippen molar-refractivity contribution in [2.75, 3.05) is 32.8 Å². The number of carbonyl (C=O) groups is 1. The molecular weight excluding hydrogens is 252 g/mol. The van der Waals surface area contributed by atoms with E-state index in [1.165, 1.54) is 0 Å². The number of nitrogens with one attached hydrogen (secondary N) is 4. The topological polar surface area (TPSA) is 65.2 Å². The monoisotopic (exact) mass is 280 g/mol. The predicted molar refractivity (Wildman–Crippen MR) is 79.3 cm³/mol. The maximum atomic E-state index is 12.5. The van der Waals surface area contributed by atoms with Gasteiger partial charge in [0.2, 0.25) is 5.91 Å². The molecule has 5 heteroatoms. The summed E-state index contributed by atoms with van der Waals surface area (Å²) in [4.78, 5) is 12.5. The van der Waals surface area contributed by atoms with Crippen molar-refractivity contribution in [3.05, 3.63) is 0 Å². The minimum absolute atomic E-state index is 0.0160. The lowest BCUT2D eigenvalue weighted by molar-refractivity contribution is -0.128. The molecule has 0 bridgehead atoms. The summed E-state index contributed by atoms with van der Waals surface area (Å²) < 4.78 is 0. The van der Waals surface area contributed by atoms with E-state index in [1.807, 2.05) is 0 Å².